The van der Waals surface area contributed by atoms with Gasteiger partial charge in [0.15, 0.2) is 16.6 Å². The zero-order chi connectivity index (χ0) is 25.8. The Morgan fingerprint density at radius 1 is 1.05 bits per heavy atom. The van der Waals surface area contributed by atoms with Crippen molar-refractivity contribution in [3.8, 4) is 0 Å². The van der Waals surface area contributed by atoms with Crippen molar-refractivity contribution < 1.29 is 17.5 Å². The largest absolute Gasteiger partial charge is 0.379 e. The number of aromatic nitrogens is 3. The number of benzene rings is 2. The van der Waals surface area contributed by atoms with Crippen LogP contribution in [0.2, 0.25) is 0 Å². The first-order valence-electron chi connectivity index (χ1n) is 11.7. The number of anilines is 4. The highest BCUT2D eigenvalue weighted by atomic mass is 32.2. The van der Waals surface area contributed by atoms with E-state index >= 15 is 0 Å². The van der Waals surface area contributed by atoms with Gasteiger partial charge in [0, 0.05) is 37.6 Å². The van der Waals surface area contributed by atoms with Crippen molar-refractivity contribution >= 4 is 54.0 Å². The lowest BCUT2D eigenvalue weighted by Crippen LogP contribution is -2.41. The third kappa shape index (κ3) is 6.19. The lowest BCUT2D eigenvalue weighted by Gasteiger charge is -2.26. The highest BCUT2D eigenvalue weighted by Gasteiger charge is 2.16. The standard InChI is InChI=1S/C24H26FN7O3S2/c1-16-14-18(4-7-20(16)25)29-22-21-23(27-15-26-22)31-24(36-21)30-17-2-5-19(6-3-17)37(33,34)28-8-9-32-10-12-35-13-11-32/h2-7,14-15,28H,8-13H2,1H3,(H2,26,27,29,30,31). The number of rotatable bonds is 9. The van der Waals surface area contributed by atoms with Gasteiger partial charge in [-0.2, -0.15) is 4.98 Å². The maximum Gasteiger partial charge on any atom is 0.240 e. The lowest BCUT2D eigenvalue weighted by atomic mass is 10.2. The van der Waals surface area contributed by atoms with Crippen LogP contribution in [0.3, 0.4) is 0 Å². The van der Waals surface area contributed by atoms with Crippen molar-refractivity contribution in [2.75, 3.05) is 50.0 Å². The number of aryl methyl sites for hydroxylation is 1. The molecule has 3 heterocycles. The first-order chi connectivity index (χ1) is 17.9. The fraction of sp³-hybridized carbons (Fsp3) is 0.292. The van der Waals surface area contributed by atoms with Crippen LogP contribution in [0.5, 0.6) is 0 Å². The zero-order valence-electron chi connectivity index (χ0n) is 20.1. The number of morpholine rings is 1. The third-order valence-electron chi connectivity index (χ3n) is 5.85. The van der Waals surface area contributed by atoms with Crippen molar-refractivity contribution in [2.45, 2.75) is 11.8 Å². The summed E-state index contributed by atoms with van der Waals surface area (Å²) >= 11 is 1.35. The summed E-state index contributed by atoms with van der Waals surface area (Å²) in [6, 6.07) is 11.2. The van der Waals surface area contributed by atoms with Crippen molar-refractivity contribution in [1.82, 2.24) is 24.6 Å². The van der Waals surface area contributed by atoms with Crippen LogP contribution in [0.1, 0.15) is 5.56 Å². The van der Waals surface area contributed by atoms with Crippen molar-refractivity contribution in [3.05, 3.63) is 60.2 Å². The fourth-order valence-electron chi connectivity index (χ4n) is 3.84. The molecule has 0 saturated carbocycles. The summed E-state index contributed by atoms with van der Waals surface area (Å²) in [4.78, 5) is 15.4. The van der Waals surface area contributed by atoms with Crippen LogP contribution >= 0.6 is 11.3 Å². The summed E-state index contributed by atoms with van der Waals surface area (Å²) in [6.07, 6.45) is 1.41. The van der Waals surface area contributed by atoms with Crippen LogP contribution < -0.4 is 15.4 Å². The molecular weight excluding hydrogens is 517 g/mol. The van der Waals surface area contributed by atoms with Gasteiger partial charge < -0.3 is 15.4 Å². The Bertz CT molecular complexity index is 1490. The van der Waals surface area contributed by atoms with E-state index in [-0.39, 0.29) is 10.7 Å². The molecule has 0 unspecified atom stereocenters. The van der Waals surface area contributed by atoms with E-state index in [0.717, 1.165) is 17.8 Å². The summed E-state index contributed by atoms with van der Waals surface area (Å²) in [7, 11) is -3.61. The van der Waals surface area contributed by atoms with E-state index in [2.05, 4.69) is 35.2 Å². The van der Waals surface area contributed by atoms with Gasteiger partial charge in [0.1, 0.15) is 16.8 Å². The van der Waals surface area contributed by atoms with Gasteiger partial charge in [-0.25, -0.2) is 27.5 Å². The molecule has 0 radical (unpaired) electrons. The Kier molecular flexibility index (Phi) is 7.58. The number of nitrogens with one attached hydrogen (secondary N) is 3. The Hall–Kier alpha value is -3.23. The molecule has 0 amide bonds. The summed E-state index contributed by atoms with van der Waals surface area (Å²) in [5.74, 6) is 0.288. The van der Waals surface area contributed by atoms with E-state index < -0.39 is 10.0 Å². The molecule has 4 aromatic rings. The average molecular weight is 544 g/mol. The molecule has 2 aromatic heterocycles. The lowest BCUT2D eigenvalue weighted by molar-refractivity contribution is 0.0390. The molecule has 2 aromatic carbocycles. The number of fused-ring (bicyclic) bond motifs is 1. The number of hydrogen-bond donors (Lipinski definition) is 3. The Morgan fingerprint density at radius 3 is 2.57 bits per heavy atom. The number of thiazole rings is 1. The number of sulfonamides is 1. The zero-order valence-corrected chi connectivity index (χ0v) is 21.7. The monoisotopic (exact) mass is 543 g/mol. The summed E-state index contributed by atoms with van der Waals surface area (Å²) in [5.41, 5.74) is 2.42. The molecule has 13 heteroatoms. The van der Waals surface area contributed by atoms with Crippen molar-refractivity contribution in [1.29, 1.82) is 0 Å². The Balaban J connectivity index is 1.24. The van der Waals surface area contributed by atoms with Gasteiger partial charge in [-0.1, -0.05) is 11.3 Å². The maximum atomic E-state index is 13.6. The molecule has 1 aliphatic rings. The minimum absolute atomic E-state index is 0.191. The van der Waals surface area contributed by atoms with Gasteiger partial charge in [-0.3, -0.25) is 4.90 Å². The number of halogens is 1. The molecule has 1 fully saturated rings. The summed E-state index contributed by atoms with van der Waals surface area (Å²) < 4.78 is 47.6. The van der Waals surface area contributed by atoms with Gasteiger partial charge >= 0.3 is 0 Å². The molecule has 194 valence electrons. The van der Waals surface area contributed by atoms with Crippen LogP contribution in [-0.4, -0.2) is 67.7 Å². The molecule has 1 saturated heterocycles. The van der Waals surface area contributed by atoms with E-state index in [0.29, 0.717) is 59.8 Å². The van der Waals surface area contributed by atoms with E-state index in [4.69, 9.17) is 4.74 Å². The highest BCUT2D eigenvalue weighted by molar-refractivity contribution is 7.89. The second-order valence-electron chi connectivity index (χ2n) is 8.48. The SMILES string of the molecule is Cc1cc(Nc2ncnc3nc(Nc4ccc(S(=O)(=O)NCCN5CCOCC5)cc4)sc23)ccc1F. The molecule has 10 nitrogen and oxygen atoms in total. The van der Waals surface area contributed by atoms with E-state index in [1.165, 1.54) is 23.7 Å². The Morgan fingerprint density at radius 2 is 1.81 bits per heavy atom. The highest BCUT2D eigenvalue weighted by Crippen LogP contribution is 2.33. The molecule has 0 bridgehead atoms. The van der Waals surface area contributed by atoms with Gasteiger partial charge in [0.05, 0.1) is 18.1 Å². The van der Waals surface area contributed by atoms with Gasteiger partial charge in [-0.15, -0.1) is 0 Å². The van der Waals surface area contributed by atoms with Crippen LogP contribution in [0, 0.1) is 12.7 Å². The van der Waals surface area contributed by atoms with Gasteiger partial charge in [-0.05, 0) is 55.0 Å². The van der Waals surface area contributed by atoms with Crippen LogP contribution in [0.4, 0.5) is 26.7 Å². The first-order valence-corrected chi connectivity index (χ1v) is 14.0. The van der Waals surface area contributed by atoms with E-state index in [1.807, 2.05) is 0 Å². The van der Waals surface area contributed by atoms with Gasteiger partial charge in [0.2, 0.25) is 10.0 Å². The minimum atomic E-state index is -3.61. The summed E-state index contributed by atoms with van der Waals surface area (Å²) in [5, 5.41) is 6.97. The van der Waals surface area contributed by atoms with Crippen LogP contribution in [0.25, 0.3) is 10.3 Å². The fourth-order valence-corrected chi connectivity index (χ4v) is 5.75. The number of nitrogens with zero attached hydrogens (tertiary/aromatic N) is 4. The Labute approximate surface area is 218 Å². The maximum absolute atomic E-state index is 13.6. The smallest absolute Gasteiger partial charge is 0.240 e. The second-order valence-corrected chi connectivity index (χ2v) is 11.3. The predicted octanol–water partition coefficient (Wildman–Crippen LogP) is 3.63. The average Bonchev–Trinajstić information content (AvgIpc) is 3.31. The van der Waals surface area contributed by atoms with Gasteiger partial charge in [0.25, 0.3) is 0 Å². The summed E-state index contributed by atoms with van der Waals surface area (Å²) in [6.45, 7) is 5.64. The predicted molar refractivity (Wildman–Crippen MR) is 142 cm³/mol. The normalized spacial score (nSPS) is 14.6. The molecule has 1 aliphatic heterocycles. The molecule has 3 N–H and O–H groups in total. The number of hydrogen-bond acceptors (Lipinski definition) is 10. The van der Waals surface area contributed by atoms with Crippen LogP contribution in [-0.2, 0) is 14.8 Å². The van der Waals surface area contributed by atoms with Crippen molar-refractivity contribution in [3.63, 3.8) is 0 Å². The van der Waals surface area contributed by atoms with E-state index in [1.54, 1.807) is 43.3 Å². The van der Waals surface area contributed by atoms with Crippen molar-refractivity contribution in [2.24, 2.45) is 0 Å². The van der Waals surface area contributed by atoms with E-state index in [9.17, 15) is 12.8 Å². The second kappa shape index (κ2) is 11.0. The first kappa shape index (κ1) is 25.4. The quantitative estimate of drug-likeness (QED) is 0.291. The molecule has 0 aliphatic carbocycles. The molecule has 0 spiro atoms. The third-order valence-corrected chi connectivity index (χ3v) is 8.30. The molecule has 37 heavy (non-hydrogen) atoms. The molecule has 5 rings (SSSR count). The topological polar surface area (TPSA) is 121 Å². The van der Waals surface area contributed by atoms with Crippen LogP contribution in [0.15, 0.2) is 53.7 Å². The number of ether oxygens (including phenoxy) is 1. The molecule has 0 atom stereocenters. The molecular formula is C24H26FN7O3S2. The minimum Gasteiger partial charge on any atom is -0.379 e.